The van der Waals surface area contributed by atoms with Crippen LogP contribution < -0.4 is 0 Å². The Morgan fingerprint density at radius 1 is 0.950 bits per heavy atom. The first kappa shape index (κ1) is 15.1. The van der Waals surface area contributed by atoms with Crippen LogP contribution in [0.25, 0.3) is 0 Å². The third kappa shape index (κ3) is 2.61. The highest BCUT2D eigenvalue weighted by atomic mass is 19.4. The second-order valence-electron chi connectivity index (χ2n) is 4.50. The Bertz CT molecular complexity index is 474. The second-order valence-corrected chi connectivity index (χ2v) is 4.50. The van der Waals surface area contributed by atoms with Crippen LogP contribution in [-0.2, 0) is 17.1 Å². The van der Waals surface area contributed by atoms with Gasteiger partial charge in [0.25, 0.3) is 0 Å². The Morgan fingerprint density at radius 3 is 1.85 bits per heavy atom. The van der Waals surface area contributed by atoms with Crippen molar-refractivity contribution < 1.29 is 35.5 Å². The maximum absolute atomic E-state index is 13.3. The Hall–Kier alpha value is -1.31. The average Bonchev–Trinajstić information content (AvgIpc) is 3.12. The van der Waals surface area contributed by atoms with E-state index in [1.807, 2.05) is 0 Å². The van der Waals surface area contributed by atoms with Gasteiger partial charge in [0.15, 0.2) is 0 Å². The molecule has 1 fully saturated rings. The maximum Gasteiger partial charge on any atom is 0.460 e. The van der Waals surface area contributed by atoms with Gasteiger partial charge in [0.2, 0.25) is 0 Å². The van der Waals surface area contributed by atoms with Gasteiger partial charge in [0.05, 0.1) is 12.7 Å². The molecule has 0 aliphatic carbocycles. The first-order valence-corrected chi connectivity index (χ1v) is 5.59. The van der Waals surface area contributed by atoms with Gasteiger partial charge in [-0.25, -0.2) is 0 Å². The lowest BCUT2D eigenvalue weighted by atomic mass is 9.99. The minimum absolute atomic E-state index is 0.0435. The molecular formula is C12H9F7O. The summed E-state index contributed by atoms with van der Waals surface area (Å²) in [7, 11) is 0. The number of benzene rings is 1. The minimum atomic E-state index is -6.32. The molecule has 0 aromatic heterocycles. The minimum Gasteiger partial charge on any atom is -0.373 e. The predicted octanol–water partition coefficient (Wildman–Crippen LogP) is 3.92. The molecule has 2 rings (SSSR count). The summed E-state index contributed by atoms with van der Waals surface area (Å²) in [4.78, 5) is 0. The van der Waals surface area contributed by atoms with Gasteiger partial charge in [-0.2, -0.15) is 30.7 Å². The highest BCUT2D eigenvalue weighted by Crippen LogP contribution is 2.51. The summed E-state index contributed by atoms with van der Waals surface area (Å²) < 4.78 is 93.3. The van der Waals surface area contributed by atoms with Crippen LogP contribution in [0.5, 0.6) is 0 Å². The van der Waals surface area contributed by atoms with Crippen molar-refractivity contribution in [2.24, 2.45) is 0 Å². The molecule has 0 saturated carbocycles. The van der Waals surface area contributed by atoms with E-state index in [2.05, 4.69) is 0 Å². The number of epoxide rings is 1. The topological polar surface area (TPSA) is 12.5 Å². The Morgan fingerprint density at radius 2 is 1.45 bits per heavy atom. The van der Waals surface area contributed by atoms with Gasteiger partial charge in [0.1, 0.15) is 0 Å². The zero-order valence-corrected chi connectivity index (χ0v) is 9.85. The van der Waals surface area contributed by atoms with E-state index in [0.29, 0.717) is 30.7 Å². The van der Waals surface area contributed by atoms with Crippen molar-refractivity contribution in [3.63, 3.8) is 0 Å². The third-order valence-electron chi connectivity index (χ3n) is 2.93. The molecule has 0 radical (unpaired) electrons. The zero-order valence-electron chi connectivity index (χ0n) is 9.85. The lowest BCUT2D eigenvalue weighted by Gasteiger charge is -2.28. The Balaban J connectivity index is 2.24. The summed E-state index contributed by atoms with van der Waals surface area (Å²) in [6.07, 6.45) is -5.96. The molecule has 0 N–H and O–H groups in total. The van der Waals surface area contributed by atoms with Crippen LogP contribution >= 0.6 is 0 Å². The van der Waals surface area contributed by atoms with Crippen LogP contribution in [0.2, 0.25) is 0 Å². The summed E-state index contributed by atoms with van der Waals surface area (Å²) in [5.41, 5.74) is -0.845. The van der Waals surface area contributed by atoms with Crippen LogP contribution in [0.4, 0.5) is 30.7 Å². The fraction of sp³-hybridized carbons (Fsp3) is 0.500. The predicted molar refractivity (Wildman–Crippen MR) is 54.8 cm³/mol. The van der Waals surface area contributed by atoms with E-state index in [0.717, 1.165) is 12.1 Å². The molecule has 0 bridgehead atoms. The van der Waals surface area contributed by atoms with Crippen molar-refractivity contribution >= 4 is 0 Å². The van der Waals surface area contributed by atoms with Crippen molar-refractivity contribution in [2.75, 3.05) is 6.61 Å². The van der Waals surface area contributed by atoms with E-state index in [1.165, 1.54) is 0 Å². The highest BCUT2D eigenvalue weighted by molar-refractivity contribution is 5.28. The summed E-state index contributed by atoms with van der Waals surface area (Å²) in [5.74, 6) is -11.4. The van der Waals surface area contributed by atoms with Crippen molar-refractivity contribution in [1.29, 1.82) is 0 Å². The van der Waals surface area contributed by atoms with Gasteiger partial charge in [-0.3, -0.25) is 0 Å². The molecule has 112 valence electrons. The van der Waals surface area contributed by atoms with E-state index < -0.39 is 23.6 Å². The average molecular weight is 302 g/mol. The van der Waals surface area contributed by atoms with Gasteiger partial charge < -0.3 is 4.74 Å². The zero-order chi connectivity index (χ0) is 15.2. The standard InChI is InChI=1S/C12H9F7O/c13-10(14,11(15,16)12(17,18)19)8-3-1-7(2-4-8)5-9-6-20-9/h1-4,9H,5-6H2. The van der Waals surface area contributed by atoms with Gasteiger partial charge in [-0.05, 0) is 5.56 Å². The van der Waals surface area contributed by atoms with Crippen molar-refractivity contribution in [3.8, 4) is 0 Å². The monoisotopic (exact) mass is 302 g/mol. The molecular weight excluding hydrogens is 293 g/mol. The van der Waals surface area contributed by atoms with Gasteiger partial charge in [-0.15, -0.1) is 0 Å². The summed E-state index contributed by atoms with van der Waals surface area (Å²) >= 11 is 0. The number of halogens is 7. The molecule has 1 aliphatic rings. The lowest BCUT2D eigenvalue weighted by molar-refractivity contribution is -0.359. The van der Waals surface area contributed by atoms with Crippen LogP contribution in [0.15, 0.2) is 24.3 Å². The molecule has 8 heteroatoms. The fourth-order valence-electron chi connectivity index (χ4n) is 1.66. The number of rotatable bonds is 4. The molecule has 20 heavy (non-hydrogen) atoms. The number of hydrogen-bond donors (Lipinski definition) is 0. The van der Waals surface area contributed by atoms with Crippen LogP contribution in [-0.4, -0.2) is 24.8 Å². The van der Waals surface area contributed by atoms with Crippen LogP contribution in [0.1, 0.15) is 11.1 Å². The first-order valence-electron chi connectivity index (χ1n) is 5.59. The third-order valence-corrected chi connectivity index (χ3v) is 2.93. The quantitative estimate of drug-likeness (QED) is 0.607. The van der Waals surface area contributed by atoms with Crippen LogP contribution in [0.3, 0.4) is 0 Å². The molecule has 1 aromatic carbocycles. The molecule has 1 unspecified atom stereocenters. The van der Waals surface area contributed by atoms with E-state index in [9.17, 15) is 30.7 Å². The second kappa shape index (κ2) is 4.61. The van der Waals surface area contributed by atoms with Gasteiger partial charge in [-0.1, -0.05) is 24.3 Å². The molecule has 1 aromatic rings. The highest BCUT2D eigenvalue weighted by Gasteiger charge is 2.73. The lowest BCUT2D eigenvalue weighted by Crippen LogP contribution is -2.50. The Labute approximate surface area is 109 Å². The SMILES string of the molecule is FC(F)(F)C(F)(F)C(F)(F)c1ccc(CC2CO2)cc1. The normalized spacial score (nSPS) is 20.1. The van der Waals surface area contributed by atoms with Crippen molar-refractivity contribution in [3.05, 3.63) is 35.4 Å². The Kier molecular flexibility index (Phi) is 3.48. The van der Waals surface area contributed by atoms with E-state index >= 15 is 0 Å². The largest absolute Gasteiger partial charge is 0.460 e. The molecule has 1 atom stereocenters. The number of alkyl halides is 7. The summed E-state index contributed by atoms with van der Waals surface area (Å²) in [5, 5.41) is 0. The molecule has 1 saturated heterocycles. The van der Waals surface area contributed by atoms with Gasteiger partial charge >= 0.3 is 18.0 Å². The molecule has 0 spiro atoms. The first-order chi connectivity index (χ1) is 9.05. The molecule has 1 aliphatic heterocycles. The van der Waals surface area contributed by atoms with E-state index in [1.54, 1.807) is 0 Å². The van der Waals surface area contributed by atoms with E-state index in [4.69, 9.17) is 4.74 Å². The molecule has 1 heterocycles. The number of ether oxygens (including phenoxy) is 1. The van der Waals surface area contributed by atoms with Gasteiger partial charge in [0, 0.05) is 12.0 Å². The maximum atomic E-state index is 13.3. The summed E-state index contributed by atoms with van der Waals surface area (Å²) in [6, 6.07) is 3.35. The summed E-state index contributed by atoms with van der Waals surface area (Å²) in [6.45, 7) is 0.518. The fourth-order valence-corrected chi connectivity index (χ4v) is 1.66. The van der Waals surface area contributed by atoms with E-state index in [-0.39, 0.29) is 6.10 Å². The molecule has 0 amide bonds. The number of hydrogen-bond acceptors (Lipinski definition) is 1. The smallest absolute Gasteiger partial charge is 0.373 e. The van der Waals surface area contributed by atoms with Crippen molar-refractivity contribution in [2.45, 2.75) is 30.5 Å². The van der Waals surface area contributed by atoms with Crippen molar-refractivity contribution in [1.82, 2.24) is 0 Å². The molecule has 1 nitrogen and oxygen atoms in total. The van der Waals surface area contributed by atoms with Crippen LogP contribution in [0, 0.1) is 0 Å².